The van der Waals surface area contributed by atoms with Crippen molar-refractivity contribution < 1.29 is 4.74 Å². The van der Waals surface area contributed by atoms with Gasteiger partial charge in [-0.25, -0.2) is 0 Å². The van der Waals surface area contributed by atoms with Crippen LogP contribution in [0.5, 0.6) is 5.75 Å². The Balaban J connectivity index is 1.19. The molecule has 2 nitrogen and oxygen atoms in total. The number of nitrogens with one attached hydrogen (secondary N) is 1. The molecule has 0 aliphatic heterocycles. The fourth-order valence-electron chi connectivity index (χ4n) is 4.34. The van der Waals surface area contributed by atoms with Crippen LogP contribution >= 0.6 is 15.9 Å². The summed E-state index contributed by atoms with van der Waals surface area (Å²) in [6.07, 6.45) is 9.92. The van der Waals surface area contributed by atoms with Crippen LogP contribution in [-0.4, -0.2) is 12.6 Å². The molecule has 0 bridgehead atoms. The molecule has 4 rings (SSSR count). The molecule has 2 atom stereocenters. The molecular formula is C24H30BrNO. The first-order chi connectivity index (χ1) is 13.3. The summed E-state index contributed by atoms with van der Waals surface area (Å²) in [6, 6.07) is 17.7. The molecule has 2 saturated carbocycles. The fourth-order valence-corrected chi connectivity index (χ4v) is 4.79. The van der Waals surface area contributed by atoms with Crippen molar-refractivity contribution in [3.05, 3.63) is 64.1 Å². The molecular weight excluding hydrogens is 398 g/mol. The number of rotatable bonds is 8. The summed E-state index contributed by atoms with van der Waals surface area (Å²) in [4.78, 5) is 0. The zero-order chi connectivity index (χ0) is 18.5. The number of hydrogen-bond donors (Lipinski definition) is 1. The minimum Gasteiger partial charge on any atom is -0.489 e. The van der Waals surface area contributed by atoms with Crippen LogP contribution in [0.15, 0.2) is 53.0 Å². The van der Waals surface area contributed by atoms with Gasteiger partial charge in [-0.1, -0.05) is 72.3 Å². The van der Waals surface area contributed by atoms with E-state index in [2.05, 4.69) is 57.6 Å². The Morgan fingerprint density at radius 2 is 1.81 bits per heavy atom. The maximum atomic E-state index is 5.92. The van der Waals surface area contributed by atoms with Crippen LogP contribution in [0, 0.1) is 5.92 Å². The monoisotopic (exact) mass is 427 g/mol. The summed E-state index contributed by atoms with van der Waals surface area (Å²) in [6.45, 7) is 1.80. The maximum Gasteiger partial charge on any atom is 0.119 e. The van der Waals surface area contributed by atoms with Gasteiger partial charge in [0.1, 0.15) is 12.4 Å². The van der Waals surface area contributed by atoms with Gasteiger partial charge < -0.3 is 10.1 Å². The second-order valence-electron chi connectivity index (χ2n) is 8.18. The highest BCUT2D eigenvalue weighted by Gasteiger charge is 2.37. The van der Waals surface area contributed by atoms with Gasteiger partial charge in [-0.05, 0) is 60.7 Å². The van der Waals surface area contributed by atoms with Crippen LogP contribution < -0.4 is 10.1 Å². The smallest absolute Gasteiger partial charge is 0.119 e. The first kappa shape index (κ1) is 19.0. The summed E-state index contributed by atoms with van der Waals surface area (Å²) in [7, 11) is 0. The molecule has 0 radical (unpaired) electrons. The van der Waals surface area contributed by atoms with Crippen molar-refractivity contribution in [3.8, 4) is 5.75 Å². The molecule has 1 N–H and O–H groups in total. The summed E-state index contributed by atoms with van der Waals surface area (Å²) < 4.78 is 7.02. The van der Waals surface area contributed by atoms with Gasteiger partial charge in [-0.3, -0.25) is 0 Å². The molecule has 27 heavy (non-hydrogen) atoms. The summed E-state index contributed by atoms with van der Waals surface area (Å²) in [5.41, 5.74) is 2.62. The van der Waals surface area contributed by atoms with Crippen LogP contribution in [0.4, 0.5) is 0 Å². The van der Waals surface area contributed by atoms with Gasteiger partial charge in [0, 0.05) is 16.4 Å². The minimum atomic E-state index is 0.605. The molecule has 3 heteroatoms. The first-order valence-corrected chi connectivity index (χ1v) is 11.3. The van der Waals surface area contributed by atoms with Crippen LogP contribution in [0.2, 0.25) is 0 Å². The topological polar surface area (TPSA) is 21.3 Å². The number of ether oxygens (including phenoxy) is 1. The summed E-state index contributed by atoms with van der Waals surface area (Å²) in [5.74, 6) is 2.61. The van der Waals surface area contributed by atoms with Gasteiger partial charge >= 0.3 is 0 Å². The highest BCUT2D eigenvalue weighted by molar-refractivity contribution is 9.10. The average molecular weight is 428 g/mol. The van der Waals surface area contributed by atoms with E-state index in [1.165, 1.54) is 62.6 Å². The molecule has 2 fully saturated rings. The van der Waals surface area contributed by atoms with E-state index in [9.17, 15) is 0 Å². The molecule has 0 heterocycles. The average Bonchev–Trinajstić information content (AvgIpc) is 3.47. The van der Waals surface area contributed by atoms with Crippen molar-refractivity contribution >= 4 is 15.9 Å². The SMILES string of the molecule is Brc1cccc(COc2ccc(C3CC3NCCC3CCCCC3)cc2)c1. The van der Waals surface area contributed by atoms with Crippen LogP contribution in [-0.2, 0) is 6.61 Å². The molecule has 0 spiro atoms. The molecule has 2 aliphatic carbocycles. The zero-order valence-electron chi connectivity index (χ0n) is 16.0. The third-order valence-electron chi connectivity index (χ3n) is 6.08. The van der Waals surface area contributed by atoms with Gasteiger partial charge in [-0.15, -0.1) is 0 Å². The Bertz CT molecular complexity index is 723. The van der Waals surface area contributed by atoms with Crippen molar-refractivity contribution in [2.24, 2.45) is 5.92 Å². The molecule has 2 aromatic carbocycles. The number of hydrogen-bond acceptors (Lipinski definition) is 2. The highest BCUT2D eigenvalue weighted by Crippen LogP contribution is 2.41. The first-order valence-electron chi connectivity index (χ1n) is 10.5. The Labute approximate surface area is 171 Å². The van der Waals surface area contributed by atoms with E-state index in [4.69, 9.17) is 4.74 Å². The Kier molecular flexibility index (Phi) is 6.51. The normalized spacial score (nSPS) is 22.6. The molecule has 2 aromatic rings. The molecule has 2 aliphatic rings. The summed E-state index contributed by atoms with van der Waals surface area (Å²) in [5, 5.41) is 3.78. The minimum absolute atomic E-state index is 0.605. The van der Waals surface area contributed by atoms with Gasteiger partial charge in [0.15, 0.2) is 0 Å². The standard InChI is InChI=1S/C24H30BrNO/c25-21-8-4-7-19(15-21)17-27-22-11-9-20(10-12-22)23-16-24(23)26-14-13-18-5-2-1-3-6-18/h4,7-12,15,18,23-24,26H,1-3,5-6,13-14,16-17H2. The summed E-state index contributed by atoms with van der Waals surface area (Å²) >= 11 is 3.51. The molecule has 0 aromatic heterocycles. The Hall–Kier alpha value is -1.32. The van der Waals surface area contributed by atoms with Crippen molar-refractivity contribution in [1.29, 1.82) is 0 Å². The van der Waals surface area contributed by atoms with Crippen molar-refractivity contribution in [2.75, 3.05) is 6.54 Å². The molecule has 0 amide bonds. The van der Waals surface area contributed by atoms with E-state index in [-0.39, 0.29) is 0 Å². The van der Waals surface area contributed by atoms with Crippen LogP contribution in [0.25, 0.3) is 0 Å². The maximum absolute atomic E-state index is 5.92. The van der Waals surface area contributed by atoms with Crippen LogP contribution in [0.1, 0.15) is 62.0 Å². The largest absolute Gasteiger partial charge is 0.489 e. The van der Waals surface area contributed by atoms with Gasteiger partial charge in [0.25, 0.3) is 0 Å². The van der Waals surface area contributed by atoms with E-state index in [0.717, 1.165) is 16.1 Å². The fraction of sp³-hybridized carbons (Fsp3) is 0.500. The lowest BCUT2D eigenvalue weighted by Crippen LogP contribution is -2.22. The lowest BCUT2D eigenvalue weighted by molar-refractivity contribution is 0.306. The van der Waals surface area contributed by atoms with E-state index < -0.39 is 0 Å². The quantitative estimate of drug-likeness (QED) is 0.522. The second kappa shape index (κ2) is 9.25. The Morgan fingerprint density at radius 3 is 2.59 bits per heavy atom. The van der Waals surface area contributed by atoms with E-state index in [1.807, 2.05) is 12.1 Å². The van der Waals surface area contributed by atoms with E-state index in [0.29, 0.717) is 18.6 Å². The van der Waals surface area contributed by atoms with Crippen LogP contribution in [0.3, 0.4) is 0 Å². The van der Waals surface area contributed by atoms with Gasteiger partial charge in [0.05, 0.1) is 0 Å². The third-order valence-corrected chi connectivity index (χ3v) is 6.57. The predicted octanol–water partition coefficient (Wildman–Crippen LogP) is 6.44. The highest BCUT2D eigenvalue weighted by atomic mass is 79.9. The van der Waals surface area contributed by atoms with Crippen molar-refractivity contribution in [2.45, 2.75) is 63.5 Å². The van der Waals surface area contributed by atoms with E-state index >= 15 is 0 Å². The lowest BCUT2D eigenvalue weighted by Gasteiger charge is -2.21. The molecule has 2 unspecified atom stereocenters. The van der Waals surface area contributed by atoms with Crippen molar-refractivity contribution in [3.63, 3.8) is 0 Å². The molecule has 0 saturated heterocycles. The second-order valence-corrected chi connectivity index (χ2v) is 9.10. The van der Waals surface area contributed by atoms with Crippen molar-refractivity contribution in [1.82, 2.24) is 5.32 Å². The van der Waals surface area contributed by atoms with E-state index in [1.54, 1.807) is 0 Å². The lowest BCUT2D eigenvalue weighted by atomic mass is 9.87. The van der Waals surface area contributed by atoms with Gasteiger partial charge in [-0.2, -0.15) is 0 Å². The Morgan fingerprint density at radius 1 is 1.00 bits per heavy atom. The third kappa shape index (κ3) is 5.58. The number of benzene rings is 2. The zero-order valence-corrected chi connectivity index (χ0v) is 17.6. The molecule has 144 valence electrons. The predicted molar refractivity (Wildman–Crippen MR) is 115 cm³/mol. The number of halogens is 1. The van der Waals surface area contributed by atoms with Gasteiger partial charge in [0.2, 0.25) is 0 Å².